The maximum atomic E-state index is 11.8. The Labute approximate surface area is 213 Å². The zero-order valence-corrected chi connectivity index (χ0v) is 22.0. The van der Waals surface area contributed by atoms with Crippen molar-refractivity contribution in [3.05, 3.63) is 12.2 Å². The van der Waals surface area contributed by atoms with Crippen LogP contribution in [0.1, 0.15) is 103 Å². The molecular weight excluding hydrogens is 448 g/mol. The highest BCUT2D eigenvalue weighted by molar-refractivity contribution is 5.81. The summed E-state index contributed by atoms with van der Waals surface area (Å²) >= 11 is 0. The number of hydrogen-bond acceptors (Lipinski definition) is 7. The van der Waals surface area contributed by atoms with Gasteiger partial charge in [0.15, 0.2) is 6.10 Å². The van der Waals surface area contributed by atoms with Crippen molar-refractivity contribution in [2.45, 2.75) is 128 Å². The smallest absolute Gasteiger partial charge is 0.251 e. The molecule has 0 heterocycles. The van der Waals surface area contributed by atoms with Crippen LogP contribution in [0.15, 0.2) is 12.2 Å². The fourth-order valence-electron chi connectivity index (χ4n) is 3.83. The van der Waals surface area contributed by atoms with E-state index in [1.807, 2.05) is 0 Å². The van der Waals surface area contributed by atoms with Crippen molar-refractivity contribution in [2.24, 2.45) is 0 Å². The zero-order chi connectivity index (χ0) is 26.2. The lowest BCUT2D eigenvalue weighted by Crippen LogP contribution is -2.51. The fraction of sp³-hybridized carbons (Fsp3) is 0.889. The molecule has 0 spiro atoms. The maximum absolute atomic E-state index is 11.8. The highest BCUT2D eigenvalue weighted by Crippen LogP contribution is 2.10. The molecule has 4 atom stereocenters. The quantitative estimate of drug-likeness (QED) is 0.0751. The molecule has 0 fully saturated rings. The molecule has 0 aliphatic heterocycles. The average molecular weight is 503 g/mol. The van der Waals surface area contributed by atoms with Gasteiger partial charge in [0, 0.05) is 6.54 Å². The van der Waals surface area contributed by atoms with Crippen molar-refractivity contribution in [1.29, 1.82) is 0 Å². The van der Waals surface area contributed by atoms with Gasteiger partial charge in [0.1, 0.15) is 18.3 Å². The molecule has 35 heavy (non-hydrogen) atoms. The van der Waals surface area contributed by atoms with Crippen LogP contribution >= 0.6 is 0 Å². The Morgan fingerprint density at radius 1 is 0.686 bits per heavy atom. The predicted molar refractivity (Wildman–Crippen MR) is 141 cm³/mol. The summed E-state index contributed by atoms with van der Waals surface area (Å²) in [5.74, 6) is -0.824. The van der Waals surface area contributed by atoms with Crippen molar-refractivity contribution < 1.29 is 30.3 Å². The van der Waals surface area contributed by atoms with Crippen LogP contribution in [0.5, 0.6) is 0 Å². The van der Waals surface area contributed by atoms with Crippen LogP contribution in [0.3, 0.4) is 0 Å². The van der Waals surface area contributed by atoms with Crippen LogP contribution in [0.4, 0.5) is 0 Å². The standard InChI is InChI=1S/C27H54N2O6/c1-2-3-4-5-6-7-8-9-10-11-12-13-14-15-16-17-19-28-20-18-21-29-27(35)26(34)25(33)24(32)23(31)22-30/h9-10,23-26,28,30-34H,2-8,11-22H2,1H3,(H,29,35)/t23-,24-,25+,26-/m1/s1. The Hall–Kier alpha value is -1.03. The highest BCUT2D eigenvalue weighted by atomic mass is 16.4. The lowest BCUT2D eigenvalue weighted by atomic mass is 10.0. The number of carbonyl (C=O) groups excluding carboxylic acids is 1. The minimum atomic E-state index is -1.87. The van der Waals surface area contributed by atoms with Gasteiger partial charge in [-0.25, -0.2) is 0 Å². The molecule has 0 aliphatic rings. The summed E-state index contributed by atoms with van der Waals surface area (Å²) in [7, 11) is 0. The molecule has 0 aromatic carbocycles. The molecule has 0 aromatic rings. The van der Waals surface area contributed by atoms with Crippen molar-refractivity contribution >= 4 is 5.91 Å². The Balaban J connectivity index is 3.43. The van der Waals surface area contributed by atoms with E-state index < -0.39 is 36.9 Å². The first-order valence-corrected chi connectivity index (χ1v) is 13.9. The summed E-state index contributed by atoms with van der Waals surface area (Å²) in [6, 6.07) is 0. The molecule has 0 aliphatic carbocycles. The molecule has 8 nitrogen and oxygen atoms in total. The first kappa shape index (κ1) is 34.0. The third-order valence-corrected chi connectivity index (χ3v) is 6.22. The molecule has 0 bridgehead atoms. The van der Waals surface area contributed by atoms with Gasteiger partial charge in [0.2, 0.25) is 0 Å². The zero-order valence-electron chi connectivity index (χ0n) is 22.0. The minimum Gasteiger partial charge on any atom is -0.394 e. The normalized spacial score (nSPS) is 15.3. The Bertz CT molecular complexity index is 506. The average Bonchev–Trinajstić information content (AvgIpc) is 2.87. The Morgan fingerprint density at radius 3 is 1.77 bits per heavy atom. The van der Waals surface area contributed by atoms with Gasteiger partial charge in [-0.2, -0.15) is 0 Å². The summed E-state index contributed by atoms with van der Waals surface area (Å²) in [6.07, 6.45) is 16.3. The lowest BCUT2D eigenvalue weighted by molar-refractivity contribution is -0.148. The van der Waals surface area contributed by atoms with E-state index >= 15 is 0 Å². The predicted octanol–water partition coefficient (Wildman–Crippen LogP) is 2.56. The fourth-order valence-corrected chi connectivity index (χ4v) is 3.83. The molecule has 0 saturated heterocycles. The number of allylic oxidation sites excluding steroid dienone is 2. The van der Waals surface area contributed by atoms with Crippen molar-refractivity contribution in [3.8, 4) is 0 Å². The summed E-state index contributed by atoms with van der Waals surface area (Å²) < 4.78 is 0. The largest absolute Gasteiger partial charge is 0.394 e. The van der Waals surface area contributed by atoms with Crippen LogP contribution in [0.2, 0.25) is 0 Å². The third kappa shape index (κ3) is 19.8. The Kier molecular flexibility index (Phi) is 23.9. The van der Waals surface area contributed by atoms with E-state index in [0.717, 1.165) is 19.5 Å². The van der Waals surface area contributed by atoms with Crippen molar-refractivity contribution in [3.63, 3.8) is 0 Å². The van der Waals surface area contributed by atoms with Crippen LogP contribution in [0, 0.1) is 0 Å². The number of rotatable bonds is 25. The van der Waals surface area contributed by atoms with Gasteiger partial charge in [0.05, 0.1) is 6.61 Å². The van der Waals surface area contributed by atoms with Crippen LogP contribution in [-0.4, -0.2) is 82.1 Å². The van der Waals surface area contributed by atoms with Crippen molar-refractivity contribution in [2.75, 3.05) is 26.2 Å². The summed E-state index contributed by atoms with van der Waals surface area (Å²) in [5.41, 5.74) is 0. The van der Waals surface area contributed by atoms with E-state index in [0.29, 0.717) is 13.0 Å². The second kappa shape index (κ2) is 24.7. The van der Waals surface area contributed by atoms with E-state index in [1.54, 1.807) is 0 Å². The summed E-state index contributed by atoms with van der Waals surface area (Å²) in [6.45, 7) is 3.46. The van der Waals surface area contributed by atoms with E-state index in [2.05, 4.69) is 29.7 Å². The molecule has 0 saturated carbocycles. The van der Waals surface area contributed by atoms with E-state index in [-0.39, 0.29) is 0 Å². The molecule has 0 unspecified atom stereocenters. The van der Waals surface area contributed by atoms with Gasteiger partial charge in [-0.1, -0.05) is 76.9 Å². The minimum absolute atomic E-state index is 0.321. The van der Waals surface area contributed by atoms with Gasteiger partial charge in [-0.05, 0) is 51.6 Å². The van der Waals surface area contributed by atoms with Gasteiger partial charge < -0.3 is 36.2 Å². The third-order valence-electron chi connectivity index (χ3n) is 6.22. The molecule has 208 valence electrons. The van der Waals surface area contributed by atoms with E-state index in [1.165, 1.54) is 83.5 Å². The molecule has 7 N–H and O–H groups in total. The Morgan fingerprint density at radius 2 is 1.20 bits per heavy atom. The van der Waals surface area contributed by atoms with Gasteiger partial charge in [0.25, 0.3) is 5.91 Å². The van der Waals surface area contributed by atoms with E-state index in [9.17, 15) is 25.2 Å². The lowest BCUT2D eigenvalue weighted by Gasteiger charge is -2.24. The van der Waals surface area contributed by atoms with Crippen LogP contribution in [0.25, 0.3) is 0 Å². The summed E-state index contributed by atoms with van der Waals surface area (Å²) in [5, 5.41) is 52.8. The number of nitrogens with one attached hydrogen (secondary N) is 2. The van der Waals surface area contributed by atoms with Gasteiger partial charge in [-0.3, -0.25) is 4.79 Å². The van der Waals surface area contributed by atoms with Gasteiger partial charge >= 0.3 is 0 Å². The number of unbranched alkanes of at least 4 members (excludes halogenated alkanes) is 12. The van der Waals surface area contributed by atoms with E-state index in [4.69, 9.17) is 5.11 Å². The van der Waals surface area contributed by atoms with Crippen molar-refractivity contribution in [1.82, 2.24) is 10.6 Å². The number of amides is 1. The molecule has 0 radical (unpaired) electrons. The first-order valence-electron chi connectivity index (χ1n) is 13.9. The molecule has 0 rings (SSSR count). The number of aliphatic hydroxyl groups is 5. The number of hydrogen-bond donors (Lipinski definition) is 7. The first-order chi connectivity index (χ1) is 17.0. The number of carbonyl (C=O) groups is 1. The molecular formula is C27H54N2O6. The topological polar surface area (TPSA) is 142 Å². The monoisotopic (exact) mass is 502 g/mol. The molecule has 1 amide bonds. The summed E-state index contributed by atoms with van der Waals surface area (Å²) in [4.78, 5) is 11.8. The molecule has 0 aromatic heterocycles. The van der Waals surface area contributed by atoms with Crippen LogP contribution in [-0.2, 0) is 4.79 Å². The SMILES string of the molecule is CCCCCCCCC=CCCCCCCCCNCCCNC(=O)[C@H](O)[C@@H](O)[C@H](O)[C@H](O)CO. The highest BCUT2D eigenvalue weighted by Gasteiger charge is 2.33. The maximum Gasteiger partial charge on any atom is 0.251 e. The second-order valence-corrected chi connectivity index (χ2v) is 9.51. The second-order valence-electron chi connectivity index (χ2n) is 9.51. The van der Waals surface area contributed by atoms with Crippen LogP contribution < -0.4 is 10.6 Å². The van der Waals surface area contributed by atoms with Gasteiger partial charge in [-0.15, -0.1) is 0 Å². The number of aliphatic hydroxyl groups excluding tert-OH is 5. The molecule has 8 heteroatoms.